The van der Waals surface area contributed by atoms with E-state index >= 15 is 0 Å². The molecule has 0 radical (unpaired) electrons. The standard InChI is InChI=1S/C21H22N6O/c1-10(2)27-17-9-16-15(8-13(17)21(3,4)20(27)28)23-19(24-16)18-12-7-11(22)5-6-14(12)25-26-18/h5-10H,22H2,1-4H3,(H,23,24)(H,25,26). The Labute approximate surface area is 161 Å². The summed E-state index contributed by atoms with van der Waals surface area (Å²) in [6, 6.07) is 9.77. The number of fused-ring (bicyclic) bond motifs is 3. The van der Waals surface area contributed by atoms with E-state index in [0.29, 0.717) is 11.5 Å². The van der Waals surface area contributed by atoms with Crippen molar-refractivity contribution in [2.24, 2.45) is 0 Å². The Hall–Kier alpha value is -3.35. The van der Waals surface area contributed by atoms with Gasteiger partial charge >= 0.3 is 0 Å². The monoisotopic (exact) mass is 374 g/mol. The molecule has 3 heterocycles. The number of hydrogen-bond donors (Lipinski definition) is 3. The van der Waals surface area contributed by atoms with Gasteiger partial charge in [0.25, 0.3) is 0 Å². The van der Waals surface area contributed by atoms with E-state index in [9.17, 15) is 4.79 Å². The molecule has 0 fully saturated rings. The van der Waals surface area contributed by atoms with Crippen molar-refractivity contribution in [3.05, 3.63) is 35.9 Å². The molecule has 5 rings (SSSR count). The zero-order chi connectivity index (χ0) is 19.8. The maximum Gasteiger partial charge on any atom is 0.237 e. The van der Waals surface area contributed by atoms with Crippen molar-refractivity contribution < 1.29 is 4.79 Å². The molecule has 1 aliphatic rings. The number of imidazole rings is 1. The molecule has 2 aromatic heterocycles. The summed E-state index contributed by atoms with van der Waals surface area (Å²) in [5.74, 6) is 0.801. The fourth-order valence-electron chi connectivity index (χ4n) is 4.11. The van der Waals surface area contributed by atoms with Gasteiger partial charge in [0.2, 0.25) is 5.91 Å². The van der Waals surface area contributed by atoms with Crippen LogP contribution in [0.15, 0.2) is 30.3 Å². The zero-order valence-corrected chi connectivity index (χ0v) is 16.3. The predicted octanol–water partition coefficient (Wildman–Crippen LogP) is 3.72. The summed E-state index contributed by atoms with van der Waals surface area (Å²) in [6.07, 6.45) is 0. The quantitative estimate of drug-likeness (QED) is 0.465. The number of aromatic amines is 2. The number of aromatic nitrogens is 4. The number of benzene rings is 2. The molecule has 1 aliphatic heterocycles. The van der Waals surface area contributed by atoms with Crippen LogP contribution in [0.1, 0.15) is 33.3 Å². The number of carbonyl (C=O) groups excluding carboxylic acids is 1. The number of nitrogens with zero attached hydrogens (tertiary/aromatic N) is 3. The van der Waals surface area contributed by atoms with Crippen molar-refractivity contribution in [2.45, 2.75) is 39.2 Å². The van der Waals surface area contributed by atoms with Crippen LogP contribution >= 0.6 is 0 Å². The molecule has 0 atom stereocenters. The lowest BCUT2D eigenvalue weighted by Crippen LogP contribution is -2.40. The maximum absolute atomic E-state index is 12.9. The van der Waals surface area contributed by atoms with Gasteiger partial charge in [-0.05, 0) is 63.6 Å². The van der Waals surface area contributed by atoms with E-state index in [4.69, 9.17) is 10.7 Å². The fraction of sp³-hybridized carbons (Fsp3) is 0.286. The molecule has 7 nitrogen and oxygen atoms in total. The van der Waals surface area contributed by atoms with Crippen molar-refractivity contribution in [3.63, 3.8) is 0 Å². The van der Waals surface area contributed by atoms with Gasteiger partial charge in [0.1, 0.15) is 5.69 Å². The van der Waals surface area contributed by atoms with E-state index < -0.39 is 5.41 Å². The Balaban J connectivity index is 1.71. The number of anilines is 2. The average Bonchev–Trinajstić information content (AvgIpc) is 3.27. The number of H-pyrrole nitrogens is 2. The van der Waals surface area contributed by atoms with Crippen LogP contribution in [0.25, 0.3) is 33.5 Å². The Morgan fingerprint density at radius 1 is 1.14 bits per heavy atom. The number of nitrogens with two attached hydrogens (primary N) is 1. The van der Waals surface area contributed by atoms with Gasteiger partial charge in [0.15, 0.2) is 5.82 Å². The highest BCUT2D eigenvalue weighted by molar-refractivity contribution is 6.10. The highest BCUT2D eigenvalue weighted by atomic mass is 16.2. The molecule has 0 aliphatic carbocycles. The molecule has 7 heteroatoms. The van der Waals surface area contributed by atoms with Gasteiger partial charge in [-0.25, -0.2) is 4.98 Å². The molecule has 4 N–H and O–H groups in total. The van der Waals surface area contributed by atoms with Crippen LogP contribution in [0.3, 0.4) is 0 Å². The molecule has 0 saturated heterocycles. The molecule has 28 heavy (non-hydrogen) atoms. The Kier molecular flexibility index (Phi) is 3.21. The van der Waals surface area contributed by atoms with E-state index in [2.05, 4.69) is 15.2 Å². The van der Waals surface area contributed by atoms with E-state index in [-0.39, 0.29) is 11.9 Å². The second-order valence-electron chi connectivity index (χ2n) is 8.24. The first-order valence-corrected chi connectivity index (χ1v) is 9.39. The van der Waals surface area contributed by atoms with E-state index in [1.165, 1.54) is 0 Å². The molecule has 4 aromatic rings. The van der Waals surface area contributed by atoms with E-state index in [0.717, 1.165) is 38.9 Å². The topological polar surface area (TPSA) is 104 Å². The van der Waals surface area contributed by atoms with E-state index in [1.54, 1.807) is 0 Å². The van der Waals surface area contributed by atoms with Crippen molar-refractivity contribution in [1.82, 2.24) is 20.2 Å². The molecule has 0 saturated carbocycles. The highest BCUT2D eigenvalue weighted by Gasteiger charge is 2.45. The smallest absolute Gasteiger partial charge is 0.237 e. The SMILES string of the molecule is CC(C)N1C(=O)C(C)(C)c2cc3[nH]c(-c4n[nH]c5ccc(N)cc45)nc3cc21. The summed E-state index contributed by atoms with van der Waals surface area (Å²) in [4.78, 5) is 22.9. The average molecular weight is 374 g/mol. The van der Waals surface area contributed by atoms with Crippen LogP contribution in [-0.4, -0.2) is 32.1 Å². The molecular formula is C21H22N6O. The maximum atomic E-state index is 12.9. The van der Waals surface area contributed by atoms with Gasteiger partial charge in [0.05, 0.1) is 27.7 Å². The highest BCUT2D eigenvalue weighted by Crippen LogP contribution is 2.44. The molecular weight excluding hydrogens is 352 g/mol. The molecule has 0 bridgehead atoms. The molecule has 0 unspecified atom stereocenters. The Morgan fingerprint density at radius 3 is 2.68 bits per heavy atom. The number of nitrogens with one attached hydrogen (secondary N) is 2. The summed E-state index contributed by atoms with van der Waals surface area (Å²) in [6.45, 7) is 8.01. The van der Waals surface area contributed by atoms with Crippen LogP contribution in [-0.2, 0) is 10.2 Å². The van der Waals surface area contributed by atoms with Crippen molar-refractivity contribution >= 4 is 39.2 Å². The predicted molar refractivity (Wildman–Crippen MR) is 111 cm³/mol. The van der Waals surface area contributed by atoms with Crippen molar-refractivity contribution in [2.75, 3.05) is 10.6 Å². The number of hydrogen-bond acceptors (Lipinski definition) is 4. The second kappa shape index (κ2) is 5.34. The minimum Gasteiger partial charge on any atom is -0.399 e. The third-order valence-electron chi connectivity index (χ3n) is 5.61. The first-order valence-electron chi connectivity index (χ1n) is 9.39. The molecule has 0 spiro atoms. The third kappa shape index (κ3) is 2.13. The number of rotatable bonds is 2. The van der Waals surface area contributed by atoms with E-state index in [1.807, 2.05) is 62.9 Å². The minimum atomic E-state index is -0.563. The van der Waals surface area contributed by atoms with Crippen LogP contribution in [0.5, 0.6) is 0 Å². The van der Waals surface area contributed by atoms with Gasteiger partial charge in [-0.1, -0.05) is 0 Å². The third-order valence-corrected chi connectivity index (χ3v) is 5.61. The van der Waals surface area contributed by atoms with Gasteiger partial charge in [0, 0.05) is 17.1 Å². The normalized spacial score (nSPS) is 15.9. The molecule has 142 valence electrons. The minimum absolute atomic E-state index is 0.0853. The summed E-state index contributed by atoms with van der Waals surface area (Å²) in [5.41, 5.74) is 11.4. The Morgan fingerprint density at radius 2 is 1.93 bits per heavy atom. The number of amides is 1. The first kappa shape index (κ1) is 16.8. The van der Waals surface area contributed by atoms with Crippen molar-refractivity contribution in [1.29, 1.82) is 0 Å². The largest absolute Gasteiger partial charge is 0.399 e. The first-order chi connectivity index (χ1) is 13.3. The van der Waals surface area contributed by atoms with Crippen LogP contribution < -0.4 is 10.6 Å². The lowest BCUT2D eigenvalue weighted by atomic mass is 9.86. The molecule has 1 amide bonds. The van der Waals surface area contributed by atoms with Gasteiger partial charge in [-0.2, -0.15) is 5.10 Å². The van der Waals surface area contributed by atoms with Crippen LogP contribution in [0.4, 0.5) is 11.4 Å². The lowest BCUT2D eigenvalue weighted by molar-refractivity contribution is -0.122. The fourth-order valence-corrected chi connectivity index (χ4v) is 4.11. The Bertz CT molecular complexity index is 1260. The zero-order valence-electron chi connectivity index (χ0n) is 16.3. The van der Waals surface area contributed by atoms with Crippen molar-refractivity contribution in [3.8, 4) is 11.5 Å². The summed E-state index contributed by atoms with van der Waals surface area (Å²) >= 11 is 0. The number of carbonyl (C=O) groups is 1. The summed E-state index contributed by atoms with van der Waals surface area (Å²) < 4.78 is 0. The summed E-state index contributed by atoms with van der Waals surface area (Å²) in [5, 5.41) is 8.37. The van der Waals surface area contributed by atoms with Gasteiger partial charge in [-0.15, -0.1) is 0 Å². The number of nitrogen functional groups attached to an aromatic ring is 1. The van der Waals surface area contributed by atoms with Crippen LogP contribution in [0, 0.1) is 0 Å². The second-order valence-corrected chi connectivity index (χ2v) is 8.24. The summed E-state index contributed by atoms with van der Waals surface area (Å²) in [7, 11) is 0. The van der Waals surface area contributed by atoms with Gasteiger partial charge < -0.3 is 15.6 Å². The lowest BCUT2D eigenvalue weighted by Gasteiger charge is -2.24. The molecule has 2 aromatic carbocycles. The van der Waals surface area contributed by atoms with Crippen LogP contribution in [0.2, 0.25) is 0 Å². The van der Waals surface area contributed by atoms with Gasteiger partial charge in [-0.3, -0.25) is 9.89 Å².